The molecule has 0 aliphatic carbocycles. The number of esters is 1. The average molecular weight is 414 g/mol. The molecule has 0 aliphatic heterocycles. The van der Waals surface area contributed by atoms with E-state index >= 15 is 0 Å². The summed E-state index contributed by atoms with van der Waals surface area (Å²) in [6.45, 7) is 4.77. The second-order valence-corrected chi connectivity index (χ2v) is 6.48. The molecule has 2 aromatic rings. The maximum Gasteiger partial charge on any atom is 0.416 e. The van der Waals surface area contributed by atoms with E-state index in [2.05, 4.69) is 15.4 Å². The standard InChI is InChI=1S/C18H21F3N4O4/c1-11(2)28-16(26)15(8-25-10-22-9-23-25)29-17(27)24-12(3)13-4-6-14(7-5-13)18(19,20)21/h4-7,9-12,15H,8H2,1-3H3,(H,24,27)/t12-,15+/m0/s1. The number of hydrogen-bond donors (Lipinski definition) is 1. The van der Waals surface area contributed by atoms with Crippen molar-refractivity contribution in [1.82, 2.24) is 20.1 Å². The van der Waals surface area contributed by atoms with Gasteiger partial charge in [0.1, 0.15) is 12.7 Å². The minimum absolute atomic E-state index is 0.104. The monoisotopic (exact) mass is 414 g/mol. The van der Waals surface area contributed by atoms with E-state index in [0.29, 0.717) is 5.56 Å². The molecule has 0 fully saturated rings. The predicted molar refractivity (Wildman–Crippen MR) is 94.5 cm³/mol. The van der Waals surface area contributed by atoms with Gasteiger partial charge < -0.3 is 14.8 Å². The first-order valence-electron chi connectivity index (χ1n) is 8.73. The lowest BCUT2D eigenvalue weighted by Crippen LogP contribution is -2.38. The number of carbonyl (C=O) groups excluding carboxylic acids is 2. The molecule has 29 heavy (non-hydrogen) atoms. The Labute approximate surface area is 165 Å². The summed E-state index contributed by atoms with van der Waals surface area (Å²) in [7, 11) is 0. The molecule has 1 aromatic heterocycles. The van der Waals surface area contributed by atoms with E-state index in [0.717, 1.165) is 12.1 Å². The molecule has 2 atom stereocenters. The molecule has 0 bridgehead atoms. The molecule has 1 heterocycles. The van der Waals surface area contributed by atoms with Gasteiger partial charge in [0, 0.05) is 0 Å². The summed E-state index contributed by atoms with van der Waals surface area (Å²) < 4.78 is 49.5. The van der Waals surface area contributed by atoms with Crippen LogP contribution in [0.3, 0.4) is 0 Å². The summed E-state index contributed by atoms with van der Waals surface area (Å²) in [5, 5.41) is 6.33. The molecule has 0 saturated heterocycles. The van der Waals surface area contributed by atoms with E-state index in [1.807, 2.05) is 0 Å². The number of alkyl carbamates (subject to hydrolysis) is 1. The Hall–Kier alpha value is -3.11. The fraction of sp³-hybridized carbons (Fsp3) is 0.444. The molecular formula is C18H21F3N4O4. The molecule has 0 aliphatic rings. The number of aromatic nitrogens is 3. The Bertz CT molecular complexity index is 808. The van der Waals surface area contributed by atoms with Crippen molar-refractivity contribution < 1.29 is 32.2 Å². The summed E-state index contributed by atoms with van der Waals surface area (Å²) in [6.07, 6.45) is -4.46. The largest absolute Gasteiger partial charge is 0.460 e. The van der Waals surface area contributed by atoms with Crippen LogP contribution in [-0.4, -0.2) is 39.0 Å². The molecular weight excluding hydrogens is 393 g/mol. The molecule has 11 heteroatoms. The summed E-state index contributed by atoms with van der Waals surface area (Å²) in [6, 6.07) is 3.71. The SMILES string of the molecule is CC(C)OC(=O)[C@@H](Cn1cncn1)OC(=O)N[C@@H](C)c1ccc(C(F)(F)F)cc1. The van der Waals surface area contributed by atoms with Gasteiger partial charge in [0.2, 0.25) is 6.10 Å². The van der Waals surface area contributed by atoms with E-state index in [9.17, 15) is 22.8 Å². The number of carbonyl (C=O) groups is 2. The number of halogens is 3. The van der Waals surface area contributed by atoms with Crippen LogP contribution >= 0.6 is 0 Å². The van der Waals surface area contributed by atoms with E-state index < -0.39 is 42.1 Å². The van der Waals surface area contributed by atoms with Crippen molar-refractivity contribution in [2.75, 3.05) is 0 Å². The maximum atomic E-state index is 12.7. The third-order valence-electron chi connectivity index (χ3n) is 3.76. The van der Waals surface area contributed by atoms with Crippen molar-refractivity contribution in [1.29, 1.82) is 0 Å². The van der Waals surface area contributed by atoms with Crippen LogP contribution in [0.25, 0.3) is 0 Å². The van der Waals surface area contributed by atoms with Gasteiger partial charge in [-0.1, -0.05) is 12.1 Å². The van der Waals surface area contributed by atoms with Gasteiger partial charge in [0.05, 0.1) is 24.3 Å². The van der Waals surface area contributed by atoms with Gasteiger partial charge in [-0.25, -0.2) is 19.3 Å². The zero-order valence-corrected chi connectivity index (χ0v) is 16.0. The van der Waals surface area contributed by atoms with Crippen LogP contribution in [0.15, 0.2) is 36.9 Å². The summed E-state index contributed by atoms with van der Waals surface area (Å²) in [4.78, 5) is 28.2. The van der Waals surface area contributed by atoms with Crippen LogP contribution in [0.1, 0.15) is 37.9 Å². The molecule has 1 N–H and O–H groups in total. The number of hydrogen-bond acceptors (Lipinski definition) is 6. The van der Waals surface area contributed by atoms with Crippen LogP contribution in [0.2, 0.25) is 0 Å². The van der Waals surface area contributed by atoms with Crippen LogP contribution in [0, 0.1) is 0 Å². The highest BCUT2D eigenvalue weighted by molar-refractivity contribution is 5.79. The fourth-order valence-electron chi connectivity index (χ4n) is 2.35. The number of nitrogens with one attached hydrogen (secondary N) is 1. The van der Waals surface area contributed by atoms with Crippen molar-refractivity contribution in [3.63, 3.8) is 0 Å². The average Bonchev–Trinajstić information content (AvgIpc) is 3.13. The van der Waals surface area contributed by atoms with Crippen LogP contribution in [-0.2, 0) is 27.0 Å². The quantitative estimate of drug-likeness (QED) is 0.700. The minimum Gasteiger partial charge on any atom is -0.460 e. The number of nitrogens with zero attached hydrogens (tertiary/aromatic N) is 3. The van der Waals surface area contributed by atoms with Gasteiger partial charge in [-0.15, -0.1) is 0 Å². The van der Waals surface area contributed by atoms with E-state index in [1.54, 1.807) is 20.8 Å². The normalized spacial score (nSPS) is 13.6. The Morgan fingerprint density at radius 1 is 1.14 bits per heavy atom. The highest BCUT2D eigenvalue weighted by Crippen LogP contribution is 2.29. The Kier molecular flexibility index (Phi) is 7.18. The van der Waals surface area contributed by atoms with Crippen molar-refractivity contribution in [3.05, 3.63) is 48.0 Å². The van der Waals surface area contributed by atoms with E-state index in [1.165, 1.54) is 29.5 Å². The molecule has 0 saturated carbocycles. The van der Waals surface area contributed by atoms with Crippen LogP contribution < -0.4 is 5.32 Å². The van der Waals surface area contributed by atoms with Gasteiger partial charge in [0.25, 0.3) is 0 Å². The minimum atomic E-state index is -4.44. The number of rotatable bonds is 7. The molecule has 0 radical (unpaired) electrons. The number of amides is 1. The second-order valence-electron chi connectivity index (χ2n) is 6.48. The summed E-state index contributed by atoms with van der Waals surface area (Å²) >= 11 is 0. The Balaban J connectivity index is 2.01. The van der Waals surface area contributed by atoms with Gasteiger partial charge in [0.15, 0.2) is 0 Å². The summed E-state index contributed by atoms with van der Waals surface area (Å²) in [5.41, 5.74) is -0.354. The molecule has 0 unspecified atom stereocenters. The second kappa shape index (κ2) is 9.39. The lowest BCUT2D eigenvalue weighted by Gasteiger charge is -2.20. The number of benzene rings is 1. The Morgan fingerprint density at radius 3 is 2.31 bits per heavy atom. The predicted octanol–water partition coefficient (Wildman–Crippen LogP) is 3.10. The topological polar surface area (TPSA) is 95.3 Å². The van der Waals surface area contributed by atoms with E-state index in [-0.39, 0.29) is 6.54 Å². The number of ether oxygens (including phenoxy) is 2. The smallest absolute Gasteiger partial charge is 0.416 e. The fourth-order valence-corrected chi connectivity index (χ4v) is 2.35. The third-order valence-corrected chi connectivity index (χ3v) is 3.76. The first kappa shape index (κ1) is 22.2. The van der Waals surface area contributed by atoms with Crippen molar-refractivity contribution in [2.24, 2.45) is 0 Å². The maximum absolute atomic E-state index is 12.7. The van der Waals surface area contributed by atoms with Gasteiger partial charge in [-0.3, -0.25) is 0 Å². The number of alkyl halides is 3. The van der Waals surface area contributed by atoms with Crippen molar-refractivity contribution in [2.45, 2.75) is 51.7 Å². The van der Waals surface area contributed by atoms with E-state index in [4.69, 9.17) is 9.47 Å². The molecule has 2 rings (SSSR count). The first-order valence-corrected chi connectivity index (χ1v) is 8.73. The highest BCUT2D eigenvalue weighted by atomic mass is 19.4. The molecule has 8 nitrogen and oxygen atoms in total. The van der Waals surface area contributed by atoms with Crippen LogP contribution in [0.4, 0.5) is 18.0 Å². The van der Waals surface area contributed by atoms with Crippen molar-refractivity contribution in [3.8, 4) is 0 Å². The Morgan fingerprint density at radius 2 is 1.79 bits per heavy atom. The molecule has 158 valence electrons. The van der Waals surface area contributed by atoms with Crippen LogP contribution in [0.5, 0.6) is 0 Å². The molecule has 0 spiro atoms. The lowest BCUT2D eigenvalue weighted by molar-refractivity contribution is -0.158. The van der Waals surface area contributed by atoms with Gasteiger partial charge in [-0.05, 0) is 38.5 Å². The highest BCUT2D eigenvalue weighted by Gasteiger charge is 2.30. The molecule has 1 amide bonds. The first-order chi connectivity index (χ1) is 13.6. The van der Waals surface area contributed by atoms with Gasteiger partial charge in [-0.2, -0.15) is 18.3 Å². The zero-order chi connectivity index (χ0) is 21.6. The molecule has 1 aromatic carbocycles. The third kappa shape index (κ3) is 6.77. The summed E-state index contributed by atoms with van der Waals surface area (Å²) in [5.74, 6) is -0.757. The zero-order valence-electron chi connectivity index (χ0n) is 16.0. The van der Waals surface area contributed by atoms with Gasteiger partial charge >= 0.3 is 18.2 Å². The lowest BCUT2D eigenvalue weighted by atomic mass is 10.1. The van der Waals surface area contributed by atoms with Crippen molar-refractivity contribution >= 4 is 12.1 Å².